The molecule has 8 nitrogen and oxygen atoms in total. The van der Waals surface area contributed by atoms with Crippen molar-refractivity contribution in [3.05, 3.63) is 0 Å². The van der Waals surface area contributed by atoms with E-state index in [0.717, 1.165) is 17.7 Å². The Bertz CT molecular complexity index is 648. The van der Waals surface area contributed by atoms with E-state index in [0.29, 0.717) is 39.1 Å². The standard InChI is InChI=1S/C18H27F3N4O4/c1-17(13-3-4-13)15(27)25(16(28)22-17)11-14(26)24-8-6-23(7-9-24)5-2-10-29-12-18(19,20)21/h13H,2-12H2,1H3,(H,22,28). The average Bonchev–Trinajstić information content (AvgIpc) is 3.47. The lowest BCUT2D eigenvalue weighted by Crippen LogP contribution is -2.52. The van der Waals surface area contributed by atoms with E-state index in [4.69, 9.17) is 0 Å². The molecule has 0 radical (unpaired) electrons. The Morgan fingerprint density at radius 2 is 1.86 bits per heavy atom. The number of rotatable bonds is 8. The van der Waals surface area contributed by atoms with Crippen LogP contribution in [0.2, 0.25) is 0 Å². The summed E-state index contributed by atoms with van der Waals surface area (Å²) in [6, 6.07) is -0.518. The molecule has 0 aromatic carbocycles. The Labute approximate surface area is 167 Å². The maximum Gasteiger partial charge on any atom is 0.411 e. The summed E-state index contributed by atoms with van der Waals surface area (Å²) in [6.45, 7) is 2.91. The minimum Gasteiger partial charge on any atom is -0.372 e. The topological polar surface area (TPSA) is 82.2 Å². The maximum atomic E-state index is 12.6. The molecule has 164 valence electrons. The Kier molecular flexibility index (Phi) is 6.37. The van der Waals surface area contributed by atoms with Crippen LogP contribution < -0.4 is 5.32 Å². The van der Waals surface area contributed by atoms with Gasteiger partial charge >= 0.3 is 12.2 Å². The number of hydrogen-bond donors (Lipinski definition) is 1. The number of carbonyl (C=O) groups is 3. The maximum absolute atomic E-state index is 12.6. The molecular formula is C18H27F3N4O4. The molecule has 3 rings (SSSR count). The zero-order chi connectivity index (χ0) is 21.2. The van der Waals surface area contributed by atoms with E-state index >= 15 is 0 Å². The van der Waals surface area contributed by atoms with Gasteiger partial charge in [0.1, 0.15) is 18.7 Å². The van der Waals surface area contributed by atoms with E-state index in [1.165, 1.54) is 0 Å². The zero-order valence-electron chi connectivity index (χ0n) is 16.5. The fourth-order valence-electron chi connectivity index (χ4n) is 3.83. The van der Waals surface area contributed by atoms with Crippen molar-refractivity contribution in [2.24, 2.45) is 5.92 Å². The van der Waals surface area contributed by atoms with Crippen LogP contribution in [0.3, 0.4) is 0 Å². The molecule has 2 saturated heterocycles. The first-order valence-corrected chi connectivity index (χ1v) is 9.89. The molecule has 1 saturated carbocycles. The number of halogens is 3. The third kappa shape index (κ3) is 5.39. The lowest BCUT2D eigenvalue weighted by atomic mass is 9.96. The SMILES string of the molecule is CC1(C2CC2)NC(=O)N(CC(=O)N2CCN(CCCOCC(F)(F)F)CC2)C1=O. The van der Waals surface area contributed by atoms with Gasteiger partial charge in [-0.15, -0.1) is 0 Å². The summed E-state index contributed by atoms with van der Waals surface area (Å²) in [5.41, 5.74) is -0.899. The van der Waals surface area contributed by atoms with Crippen LogP contribution in [0.15, 0.2) is 0 Å². The normalized spacial score (nSPS) is 26.2. The van der Waals surface area contributed by atoms with Crippen molar-refractivity contribution in [3.8, 4) is 0 Å². The zero-order valence-corrected chi connectivity index (χ0v) is 16.5. The van der Waals surface area contributed by atoms with E-state index in [2.05, 4.69) is 15.0 Å². The summed E-state index contributed by atoms with van der Waals surface area (Å²) in [4.78, 5) is 42.0. The van der Waals surface area contributed by atoms with Crippen LogP contribution in [0.5, 0.6) is 0 Å². The minimum atomic E-state index is -4.31. The highest BCUT2D eigenvalue weighted by atomic mass is 19.4. The van der Waals surface area contributed by atoms with Crippen LogP contribution in [0.1, 0.15) is 26.2 Å². The average molecular weight is 420 g/mol. The second-order valence-corrected chi connectivity index (χ2v) is 8.04. The molecule has 11 heteroatoms. The first-order valence-electron chi connectivity index (χ1n) is 9.89. The number of amides is 4. The minimum absolute atomic E-state index is 0.0323. The van der Waals surface area contributed by atoms with Gasteiger partial charge in [0.25, 0.3) is 5.91 Å². The summed E-state index contributed by atoms with van der Waals surface area (Å²) in [7, 11) is 0. The lowest BCUT2D eigenvalue weighted by molar-refractivity contribution is -0.174. The first kappa shape index (κ1) is 21.8. The second-order valence-electron chi connectivity index (χ2n) is 8.04. The molecule has 1 atom stereocenters. The van der Waals surface area contributed by atoms with Crippen molar-refractivity contribution in [2.45, 2.75) is 37.9 Å². The fourth-order valence-corrected chi connectivity index (χ4v) is 3.83. The Balaban J connectivity index is 1.37. The Morgan fingerprint density at radius 3 is 2.45 bits per heavy atom. The number of alkyl halides is 3. The smallest absolute Gasteiger partial charge is 0.372 e. The second kappa shape index (κ2) is 8.47. The van der Waals surface area contributed by atoms with Crippen LogP contribution >= 0.6 is 0 Å². The van der Waals surface area contributed by atoms with E-state index in [1.807, 2.05) is 0 Å². The molecule has 4 amide bonds. The molecule has 0 bridgehead atoms. The summed E-state index contributed by atoms with van der Waals surface area (Å²) in [5.74, 6) is -0.472. The highest BCUT2D eigenvalue weighted by Crippen LogP contribution is 2.42. The van der Waals surface area contributed by atoms with Gasteiger partial charge < -0.3 is 15.0 Å². The molecule has 1 aliphatic carbocycles. The summed E-state index contributed by atoms with van der Waals surface area (Å²) in [5, 5.41) is 2.73. The van der Waals surface area contributed by atoms with Gasteiger partial charge in [-0.3, -0.25) is 19.4 Å². The molecule has 2 heterocycles. The largest absolute Gasteiger partial charge is 0.411 e. The van der Waals surface area contributed by atoms with Gasteiger partial charge in [-0.1, -0.05) is 0 Å². The monoisotopic (exact) mass is 420 g/mol. The number of carbonyl (C=O) groups excluding carboxylic acids is 3. The molecule has 0 aromatic heterocycles. The summed E-state index contributed by atoms with van der Waals surface area (Å²) in [6.07, 6.45) is -2.04. The van der Waals surface area contributed by atoms with E-state index < -0.39 is 24.4 Å². The van der Waals surface area contributed by atoms with Gasteiger partial charge in [0.05, 0.1) is 0 Å². The van der Waals surface area contributed by atoms with Gasteiger partial charge in [-0.25, -0.2) is 4.79 Å². The predicted octanol–water partition coefficient (Wildman–Crippen LogP) is 0.820. The van der Waals surface area contributed by atoms with Crippen molar-refractivity contribution in [2.75, 3.05) is 52.5 Å². The molecule has 1 unspecified atom stereocenters. The van der Waals surface area contributed by atoms with Crippen LogP contribution in [0.25, 0.3) is 0 Å². The number of urea groups is 1. The molecule has 29 heavy (non-hydrogen) atoms. The van der Waals surface area contributed by atoms with Crippen molar-refractivity contribution in [3.63, 3.8) is 0 Å². The molecule has 2 aliphatic heterocycles. The van der Waals surface area contributed by atoms with E-state index in [-0.39, 0.29) is 30.9 Å². The third-order valence-electron chi connectivity index (χ3n) is 5.74. The van der Waals surface area contributed by atoms with Crippen molar-refractivity contribution in [1.29, 1.82) is 0 Å². The van der Waals surface area contributed by atoms with Gasteiger partial charge in [0.15, 0.2) is 0 Å². The number of imide groups is 1. The van der Waals surface area contributed by atoms with Crippen LogP contribution in [0, 0.1) is 5.92 Å². The van der Waals surface area contributed by atoms with Crippen LogP contribution in [0.4, 0.5) is 18.0 Å². The summed E-state index contributed by atoms with van der Waals surface area (Å²) < 4.78 is 40.6. The van der Waals surface area contributed by atoms with E-state index in [1.54, 1.807) is 11.8 Å². The lowest BCUT2D eigenvalue weighted by Gasteiger charge is -2.35. The number of nitrogens with zero attached hydrogens (tertiary/aromatic N) is 3. The highest BCUT2D eigenvalue weighted by molar-refractivity contribution is 6.09. The predicted molar refractivity (Wildman–Crippen MR) is 95.9 cm³/mol. The Morgan fingerprint density at radius 1 is 1.21 bits per heavy atom. The first-order chi connectivity index (χ1) is 13.6. The molecule has 3 aliphatic rings. The molecule has 0 spiro atoms. The van der Waals surface area contributed by atoms with Gasteiger partial charge in [-0.05, 0) is 32.1 Å². The Hall–Kier alpha value is -1.88. The van der Waals surface area contributed by atoms with Crippen molar-refractivity contribution >= 4 is 17.8 Å². The number of nitrogens with one attached hydrogen (secondary N) is 1. The van der Waals surface area contributed by atoms with Gasteiger partial charge in [0, 0.05) is 39.3 Å². The van der Waals surface area contributed by atoms with Crippen molar-refractivity contribution < 1.29 is 32.3 Å². The van der Waals surface area contributed by atoms with Gasteiger partial charge in [-0.2, -0.15) is 13.2 Å². The van der Waals surface area contributed by atoms with Gasteiger partial charge in [0.2, 0.25) is 5.91 Å². The molecular weight excluding hydrogens is 393 g/mol. The third-order valence-corrected chi connectivity index (χ3v) is 5.74. The molecule has 3 fully saturated rings. The van der Waals surface area contributed by atoms with Crippen LogP contribution in [-0.4, -0.2) is 96.7 Å². The molecule has 0 aromatic rings. The fraction of sp³-hybridized carbons (Fsp3) is 0.833. The van der Waals surface area contributed by atoms with Crippen LogP contribution in [-0.2, 0) is 14.3 Å². The number of ether oxygens (including phenoxy) is 1. The van der Waals surface area contributed by atoms with E-state index in [9.17, 15) is 27.6 Å². The number of hydrogen-bond acceptors (Lipinski definition) is 5. The van der Waals surface area contributed by atoms with Crippen molar-refractivity contribution in [1.82, 2.24) is 20.0 Å². The summed E-state index contributed by atoms with van der Waals surface area (Å²) >= 11 is 0. The quantitative estimate of drug-likeness (QED) is 0.465. The number of piperazine rings is 1. The highest BCUT2D eigenvalue weighted by Gasteiger charge is 2.56. The molecule has 1 N–H and O–H groups in total.